The Morgan fingerprint density at radius 2 is 2.44 bits per heavy atom. The highest BCUT2D eigenvalue weighted by Crippen LogP contribution is 2.10. The molecule has 0 rings (SSSR count). The Labute approximate surface area is 65.4 Å². The fourth-order valence-electron chi connectivity index (χ4n) is 0.352. The van der Waals surface area contributed by atoms with E-state index in [0.29, 0.717) is 5.88 Å². The van der Waals surface area contributed by atoms with Crippen LogP contribution in [0.4, 0.5) is 0 Å². The average molecular weight is 164 g/mol. The van der Waals surface area contributed by atoms with Crippen molar-refractivity contribution in [3.8, 4) is 6.07 Å². The summed E-state index contributed by atoms with van der Waals surface area (Å²) >= 11 is 7.09. The number of nitriles is 1. The van der Waals surface area contributed by atoms with Crippen LogP contribution in [0, 0.1) is 11.3 Å². The van der Waals surface area contributed by atoms with Crippen molar-refractivity contribution in [1.29, 1.82) is 5.26 Å². The van der Waals surface area contributed by atoms with Crippen LogP contribution < -0.4 is 0 Å². The maximum atomic E-state index is 8.33. The summed E-state index contributed by atoms with van der Waals surface area (Å²) in [5.74, 6) is 1.70. The number of hydrogen-bond donors (Lipinski definition) is 0. The third-order valence-corrected chi connectivity index (χ3v) is 2.22. The topological polar surface area (TPSA) is 23.8 Å². The third-order valence-electron chi connectivity index (χ3n) is 0.828. The number of hydrogen-bond acceptors (Lipinski definition) is 2. The van der Waals surface area contributed by atoms with Crippen molar-refractivity contribution in [2.45, 2.75) is 18.6 Å². The van der Waals surface area contributed by atoms with Gasteiger partial charge in [-0.15, -0.1) is 23.4 Å². The largest absolute Gasteiger partial charge is 0.197 e. The number of halogens is 1. The lowest BCUT2D eigenvalue weighted by Gasteiger charge is -1.98. The smallest absolute Gasteiger partial charge is 0.0888 e. The van der Waals surface area contributed by atoms with Crippen molar-refractivity contribution in [2.75, 3.05) is 11.6 Å². The van der Waals surface area contributed by atoms with Gasteiger partial charge in [-0.3, -0.25) is 0 Å². The molecule has 0 amide bonds. The summed E-state index contributed by atoms with van der Waals surface area (Å²) in [7, 11) is 0. The predicted octanol–water partition coefficient (Wildman–Crippen LogP) is 2.26. The van der Waals surface area contributed by atoms with E-state index in [1.807, 2.05) is 6.92 Å². The number of rotatable bonds is 4. The molecule has 0 heterocycles. The first-order valence-corrected chi connectivity index (χ1v) is 4.46. The van der Waals surface area contributed by atoms with Gasteiger partial charge in [0.15, 0.2) is 0 Å². The van der Waals surface area contributed by atoms with Gasteiger partial charge in [0.2, 0.25) is 0 Å². The minimum Gasteiger partial charge on any atom is -0.197 e. The Morgan fingerprint density at radius 3 is 2.89 bits per heavy atom. The van der Waals surface area contributed by atoms with E-state index in [0.717, 1.165) is 12.2 Å². The molecule has 0 aromatic carbocycles. The van der Waals surface area contributed by atoms with Gasteiger partial charge in [0, 0.05) is 5.88 Å². The molecule has 9 heavy (non-hydrogen) atoms. The van der Waals surface area contributed by atoms with Crippen LogP contribution in [0.25, 0.3) is 0 Å². The molecule has 0 unspecified atom stereocenters. The van der Waals surface area contributed by atoms with Crippen LogP contribution in [0.3, 0.4) is 0 Å². The van der Waals surface area contributed by atoms with Gasteiger partial charge in [-0.05, 0) is 19.1 Å². The van der Waals surface area contributed by atoms with Gasteiger partial charge in [-0.2, -0.15) is 5.26 Å². The molecule has 0 aliphatic heterocycles. The Bertz CT molecular complexity index is 99.7. The van der Waals surface area contributed by atoms with Gasteiger partial charge in [0.25, 0.3) is 0 Å². The van der Waals surface area contributed by atoms with Crippen molar-refractivity contribution in [1.82, 2.24) is 0 Å². The van der Waals surface area contributed by atoms with Crippen molar-refractivity contribution in [2.24, 2.45) is 0 Å². The molecule has 52 valence electrons. The molecule has 0 aromatic rings. The van der Waals surface area contributed by atoms with Gasteiger partial charge in [0.1, 0.15) is 0 Å². The maximum Gasteiger partial charge on any atom is 0.0888 e. The van der Waals surface area contributed by atoms with Gasteiger partial charge >= 0.3 is 0 Å². The van der Waals surface area contributed by atoms with Crippen LogP contribution >= 0.6 is 23.4 Å². The quantitative estimate of drug-likeness (QED) is 0.469. The molecule has 0 saturated carbocycles. The second-order valence-corrected chi connectivity index (χ2v) is 3.51. The van der Waals surface area contributed by atoms with Crippen molar-refractivity contribution < 1.29 is 0 Å². The van der Waals surface area contributed by atoms with E-state index in [4.69, 9.17) is 16.9 Å². The zero-order valence-electron chi connectivity index (χ0n) is 5.43. The van der Waals surface area contributed by atoms with E-state index in [2.05, 4.69) is 6.07 Å². The molecular weight excluding hydrogens is 154 g/mol. The molecule has 0 aliphatic carbocycles. The summed E-state index contributed by atoms with van der Waals surface area (Å²) < 4.78 is 0. The van der Waals surface area contributed by atoms with Crippen molar-refractivity contribution in [3.63, 3.8) is 0 Å². The summed E-state index contributed by atoms with van der Waals surface area (Å²) in [6.45, 7) is 1.90. The molecule has 1 atom stereocenters. The minimum absolute atomic E-state index is 0.119. The summed E-state index contributed by atoms with van der Waals surface area (Å²) in [5, 5.41) is 8.45. The van der Waals surface area contributed by atoms with Gasteiger partial charge in [-0.25, -0.2) is 0 Å². The highest BCUT2D eigenvalue weighted by molar-refractivity contribution is 8.00. The fraction of sp³-hybridized carbons (Fsp3) is 0.833. The van der Waals surface area contributed by atoms with Crippen LogP contribution in [0.15, 0.2) is 0 Å². The average Bonchev–Trinajstić information content (AvgIpc) is 1.89. The Balaban J connectivity index is 2.99. The molecule has 0 N–H and O–H groups in total. The normalized spacial score (nSPS) is 12.6. The minimum atomic E-state index is 0.119. The number of alkyl halides is 1. The molecular formula is C6H10ClNS. The lowest BCUT2D eigenvalue weighted by atomic mass is 10.5. The summed E-state index contributed by atoms with van der Waals surface area (Å²) in [5.41, 5.74) is 0. The lowest BCUT2D eigenvalue weighted by Crippen LogP contribution is -1.92. The van der Waals surface area contributed by atoms with Crippen LogP contribution in [-0.4, -0.2) is 16.9 Å². The summed E-state index contributed by atoms with van der Waals surface area (Å²) in [6.07, 6.45) is 0.998. The highest BCUT2D eigenvalue weighted by Gasteiger charge is 1.96. The molecule has 0 radical (unpaired) electrons. The molecule has 0 saturated heterocycles. The monoisotopic (exact) mass is 163 g/mol. The summed E-state index contributed by atoms with van der Waals surface area (Å²) in [4.78, 5) is 0. The molecule has 1 nitrogen and oxygen atoms in total. The predicted molar refractivity (Wildman–Crippen MR) is 42.9 cm³/mol. The Kier molecular flexibility index (Phi) is 6.34. The van der Waals surface area contributed by atoms with Crippen LogP contribution in [-0.2, 0) is 0 Å². The molecule has 0 fully saturated rings. The lowest BCUT2D eigenvalue weighted by molar-refractivity contribution is 1.10. The zero-order valence-corrected chi connectivity index (χ0v) is 7.00. The molecule has 0 spiro atoms. The van der Waals surface area contributed by atoms with Gasteiger partial charge in [0.05, 0.1) is 11.3 Å². The standard InChI is InChI=1S/C6H10ClNS/c1-6(5-8)9-4-2-3-7/h6H,2-4H2,1H3/t6-/m0/s1. The molecule has 0 aromatic heterocycles. The van der Waals surface area contributed by atoms with E-state index in [1.165, 1.54) is 0 Å². The Morgan fingerprint density at radius 1 is 1.78 bits per heavy atom. The zero-order chi connectivity index (χ0) is 7.11. The molecule has 0 bridgehead atoms. The van der Waals surface area contributed by atoms with Gasteiger partial charge in [-0.1, -0.05) is 0 Å². The molecule has 0 aliphatic rings. The third kappa shape index (κ3) is 6.01. The first kappa shape index (κ1) is 9.13. The number of thioether (sulfide) groups is 1. The highest BCUT2D eigenvalue weighted by atomic mass is 35.5. The SMILES string of the molecule is C[C@@H](C#N)SCCCCl. The number of nitrogens with zero attached hydrogens (tertiary/aromatic N) is 1. The first-order chi connectivity index (χ1) is 4.31. The van der Waals surface area contributed by atoms with E-state index in [-0.39, 0.29) is 5.25 Å². The van der Waals surface area contributed by atoms with Crippen molar-refractivity contribution in [3.05, 3.63) is 0 Å². The molecule has 3 heteroatoms. The maximum absolute atomic E-state index is 8.33. The summed E-state index contributed by atoms with van der Waals surface area (Å²) in [6, 6.07) is 2.14. The second-order valence-electron chi connectivity index (χ2n) is 1.68. The first-order valence-electron chi connectivity index (χ1n) is 2.88. The van der Waals surface area contributed by atoms with Crippen molar-refractivity contribution >= 4 is 23.4 Å². The van der Waals surface area contributed by atoms with E-state index in [9.17, 15) is 0 Å². The van der Waals surface area contributed by atoms with Crippen LogP contribution in [0.1, 0.15) is 13.3 Å². The van der Waals surface area contributed by atoms with E-state index < -0.39 is 0 Å². The van der Waals surface area contributed by atoms with E-state index >= 15 is 0 Å². The Hall–Kier alpha value is 0.130. The van der Waals surface area contributed by atoms with Gasteiger partial charge < -0.3 is 0 Å². The fourth-order valence-corrected chi connectivity index (χ4v) is 1.38. The van der Waals surface area contributed by atoms with E-state index in [1.54, 1.807) is 11.8 Å². The van der Waals surface area contributed by atoms with Crippen LogP contribution in [0.2, 0.25) is 0 Å². The van der Waals surface area contributed by atoms with Crippen LogP contribution in [0.5, 0.6) is 0 Å². The second kappa shape index (κ2) is 6.25.